The second-order valence-electron chi connectivity index (χ2n) is 5.37. The molecule has 4 heteroatoms. The molecule has 0 spiro atoms. The Balaban J connectivity index is 1.61. The van der Waals surface area contributed by atoms with Gasteiger partial charge in [0, 0.05) is 18.3 Å². The van der Waals surface area contributed by atoms with Gasteiger partial charge in [0.1, 0.15) is 0 Å². The van der Waals surface area contributed by atoms with Gasteiger partial charge in [-0.2, -0.15) is 0 Å². The molecule has 2 fully saturated rings. The highest BCUT2D eigenvalue weighted by Gasteiger charge is 2.42. The van der Waals surface area contributed by atoms with Crippen molar-refractivity contribution in [1.29, 1.82) is 0 Å². The first-order valence-corrected chi connectivity index (χ1v) is 6.71. The van der Waals surface area contributed by atoms with Gasteiger partial charge in [0.15, 0.2) is 0 Å². The van der Waals surface area contributed by atoms with Gasteiger partial charge in [0.2, 0.25) is 5.91 Å². The molecule has 4 atom stereocenters. The zero-order valence-electron chi connectivity index (χ0n) is 10.6. The molecule has 0 radical (unpaired) electrons. The van der Waals surface area contributed by atoms with E-state index in [9.17, 15) is 4.79 Å². The summed E-state index contributed by atoms with van der Waals surface area (Å²) >= 11 is 0. The third-order valence-corrected chi connectivity index (χ3v) is 4.13. The van der Waals surface area contributed by atoms with Crippen LogP contribution in [0.4, 0.5) is 0 Å². The van der Waals surface area contributed by atoms with E-state index in [4.69, 9.17) is 0 Å². The van der Waals surface area contributed by atoms with Crippen LogP contribution in [0.25, 0.3) is 0 Å². The highest BCUT2D eigenvalue weighted by Crippen LogP contribution is 2.33. The smallest absolute Gasteiger partial charge is 0.225 e. The van der Waals surface area contributed by atoms with Crippen LogP contribution in [-0.2, 0) is 4.79 Å². The quantitative estimate of drug-likeness (QED) is 0.846. The normalized spacial score (nSPS) is 31.3. The summed E-state index contributed by atoms with van der Waals surface area (Å²) in [6, 6.07) is 6.73. The van der Waals surface area contributed by atoms with Crippen LogP contribution in [-0.4, -0.2) is 23.0 Å². The predicted molar refractivity (Wildman–Crippen MR) is 68.8 cm³/mol. The van der Waals surface area contributed by atoms with Gasteiger partial charge < -0.3 is 10.6 Å². The van der Waals surface area contributed by atoms with Crippen molar-refractivity contribution in [2.75, 3.05) is 0 Å². The van der Waals surface area contributed by atoms with Crippen molar-refractivity contribution < 1.29 is 4.79 Å². The van der Waals surface area contributed by atoms with E-state index in [1.165, 1.54) is 6.42 Å². The molecule has 1 amide bonds. The molecule has 0 aliphatic carbocycles. The second kappa shape index (κ2) is 4.69. The Labute approximate surface area is 107 Å². The molecule has 3 unspecified atom stereocenters. The maximum atomic E-state index is 12.2. The number of carbonyl (C=O) groups is 1. The van der Waals surface area contributed by atoms with Crippen molar-refractivity contribution in [3.8, 4) is 0 Å². The summed E-state index contributed by atoms with van der Waals surface area (Å²) in [6.07, 6.45) is 5.12. The van der Waals surface area contributed by atoms with Gasteiger partial charge in [-0.25, -0.2) is 0 Å². The average Bonchev–Trinajstić information content (AvgIpc) is 3.02. The van der Waals surface area contributed by atoms with Crippen molar-refractivity contribution >= 4 is 5.91 Å². The first-order valence-electron chi connectivity index (χ1n) is 6.71. The van der Waals surface area contributed by atoms with Crippen LogP contribution < -0.4 is 10.6 Å². The van der Waals surface area contributed by atoms with E-state index in [1.807, 2.05) is 25.1 Å². The molecule has 1 aromatic rings. The second-order valence-corrected chi connectivity index (χ2v) is 5.37. The fourth-order valence-corrected chi connectivity index (χ4v) is 3.14. The first-order chi connectivity index (χ1) is 8.74. The van der Waals surface area contributed by atoms with Gasteiger partial charge in [-0.15, -0.1) is 0 Å². The minimum atomic E-state index is -0.0159. The van der Waals surface area contributed by atoms with Gasteiger partial charge in [0.05, 0.1) is 17.7 Å². The fraction of sp³-hybridized carbons (Fsp3) is 0.571. The van der Waals surface area contributed by atoms with E-state index in [0.717, 1.165) is 18.5 Å². The molecule has 2 bridgehead atoms. The number of nitrogens with zero attached hydrogens (tertiary/aromatic N) is 1. The van der Waals surface area contributed by atoms with Crippen LogP contribution in [0.2, 0.25) is 0 Å². The number of carbonyl (C=O) groups excluding carboxylic acids is 1. The Morgan fingerprint density at radius 3 is 3.00 bits per heavy atom. The summed E-state index contributed by atoms with van der Waals surface area (Å²) in [5.41, 5.74) is 0.918. The van der Waals surface area contributed by atoms with Crippen molar-refractivity contribution in [3.63, 3.8) is 0 Å². The summed E-state index contributed by atoms with van der Waals surface area (Å²) in [4.78, 5) is 16.5. The number of nitrogens with one attached hydrogen (secondary N) is 2. The van der Waals surface area contributed by atoms with Gasteiger partial charge in [-0.3, -0.25) is 9.78 Å². The summed E-state index contributed by atoms with van der Waals surface area (Å²) < 4.78 is 0. The molecule has 0 saturated carbocycles. The fourth-order valence-electron chi connectivity index (χ4n) is 3.14. The molecular formula is C14H19N3O. The minimum Gasteiger partial charge on any atom is -0.348 e. The van der Waals surface area contributed by atoms with E-state index < -0.39 is 0 Å². The van der Waals surface area contributed by atoms with Crippen molar-refractivity contribution in [1.82, 2.24) is 15.6 Å². The molecular weight excluding hydrogens is 226 g/mol. The Bertz CT molecular complexity index is 434. The molecule has 96 valence electrons. The average molecular weight is 245 g/mol. The molecule has 3 rings (SSSR count). The lowest BCUT2D eigenvalue weighted by Gasteiger charge is -2.22. The van der Waals surface area contributed by atoms with Crippen LogP contribution in [0.5, 0.6) is 0 Å². The number of hydrogen-bond donors (Lipinski definition) is 2. The topological polar surface area (TPSA) is 54.0 Å². The van der Waals surface area contributed by atoms with Crippen LogP contribution in [0.15, 0.2) is 24.4 Å². The number of rotatable bonds is 3. The SMILES string of the molecule is C[C@@H](NC(=O)C1CC2CCC1N2)c1ccccn1. The largest absolute Gasteiger partial charge is 0.348 e. The van der Waals surface area contributed by atoms with Gasteiger partial charge in [-0.1, -0.05) is 6.07 Å². The van der Waals surface area contributed by atoms with Crippen LogP contribution in [0.1, 0.15) is 37.9 Å². The molecule has 2 saturated heterocycles. The Hall–Kier alpha value is -1.42. The molecule has 4 nitrogen and oxygen atoms in total. The van der Waals surface area contributed by atoms with E-state index in [0.29, 0.717) is 12.1 Å². The highest BCUT2D eigenvalue weighted by molar-refractivity contribution is 5.80. The lowest BCUT2D eigenvalue weighted by molar-refractivity contribution is -0.126. The Morgan fingerprint density at radius 2 is 2.39 bits per heavy atom. The summed E-state index contributed by atoms with van der Waals surface area (Å²) in [7, 11) is 0. The third kappa shape index (κ3) is 2.12. The van der Waals surface area contributed by atoms with Crippen LogP contribution >= 0.6 is 0 Å². The molecule has 3 heterocycles. The summed E-state index contributed by atoms with van der Waals surface area (Å²) in [6.45, 7) is 1.99. The monoisotopic (exact) mass is 245 g/mol. The van der Waals surface area contributed by atoms with Crippen LogP contribution in [0.3, 0.4) is 0 Å². The highest BCUT2D eigenvalue weighted by atomic mass is 16.2. The molecule has 2 N–H and O–H groups in total. The molecule has 2 aliphatic heterocycles. The van der Waals surface area contributed by atoms with E-state index >= 15 is 0 Å². The number of aromatic nitrogens is 1. The lowest BCUT2D eigenvalue weighted by atomic mass is 9.88. The molecule has 18 heavy (non-hydrogen) atoms. The Morgan fingerprint density at radius 1 is 1.50 bits per heavy atom. The summed E-state index contributed by atoms with van der Waals surface area (Å²) in [5, 5.41) is 6.58. The molecule has 2 aliphatic rings. The zero-order chi connectivity index (χ0) is 12.5. The van der Waals surface area contributed by atoms with E-state index in [-0.39, 0.29) is 17.9 Å². The number of amides is 1. The molecule has 0 aromatic carbocycles. The zero-order valence-corrected chi connectivity index (χ0v) is 10.6. The standard InChI is InChI=1S/C14H19N3O/c1-9(12-4-2-3-7-15-12)16-14(18)11-8-10-5-6-13(11)17-10/h2-4,7,9-11,13,17H,5-6,8H2,1H3,(H,16,18)/t9-,10?,11?,13?/m1/s1. The van der Waals surface area contributed by atoms with E-state index in [1.54, 1.807) is 6.20 Å². The Kier molecular flexibility index (Phi) is 3.04. The predicted octanol–water partition coefficient (Wildman–Crippen LogP) is 1.40. The maximum absolute atomic E-state index is 12.2. The number of pyridine rings is 1. The van der Waals surface area contributed by atoms with Crippen molar-refractivity contribution in [2.24, 2.45) is 5.92 Å². The number of hydrogen-bond acceptors (Lipinski definition) is 3. The molecule has 1 aromatic heterocycles. The van der Waals surface area contributed by atoms with E-state index in [2.05, 4.69) is 15.6 Å². The van der Waals surface area contributed by atoms with Gasteiger partial charge in [0.25, 0.3) is 0 Å². The first kappa shape index (κ1) is 11.7. The minimum absolute atomic E-state index is 0.0159. The van der Waals surface area contributed by atoms with Gasteiger partial charge >= 0.3 is 0 Å². The van der Waals surface area contributed by atoms with Crippen LogP contribution in [0, 0.1) is 5.92 Å². The van der Waals surface area contributed by atoms with Gasteiger partial charge in [-0.05, 0) is 38.3 Å². The third-order valence-electron chi connectivity index (χ3n) is 4.13. The van der Waals surface area contributed by atoms with Crippen molar-refractivity contribution in [2.45, 2.75) is 44.3 Å². The number of fused-ring (bicyclic) bond motifs is 2. The van der Waals surface area contributed by atoms with Crippen molar-refractivity contribution in [3.05, 3.63) is 30.1 Å². The maximum Gasteiger partial charge on any atom is 0.225 e. The lowest BCUT2D eigenvalue weighted by Crippen LogP contribution is -2.38. The summed E-state index contributed by atoms with van der Waals surface area (Å²) in [5.74, 6) is 0.322.